The molecule has 2 heterocycles. The van der Waals surface area contributed by atoms with Crippen molar-refractivity contribution in [2.24, 2.45) is 0 Å². The largest absolute Gasteiger partial charge is 0.416 e. The molecule has 0 spiro atoms. The summed E-state index contributed by atoms with van der Waals surface area (Å²) >= 11 is 0. The molecule has 0 aliphatic carbocycles. The van der Waals surface area contributed by atoms with E-state index in [2.05, 4.69) is 14.8 Å². The van der Waals surface area contributed by atoms with Crippen molar-refractivity contribution in [3.8, 4) is 0 Å². The molecule has 0 unspecified atom stereocenters. The van der Waals surface area contributed by atoms with E-state index in [0.717, 1.165) is 69.1 Å². The van der Waals surface area contributed by atoms with E-state index in [-0.39, 0.29) is 0 Å². The molecule has 1 aromatic heterocycles. The van der Waals surface area contributed by atoms with Crippen molar-refractivity contribution >= 4 is 16.6 Å². The van der Waals surface area contributed by atoms with E-state index in [1.54, 1.807) is 6.20 Å². The van der Waals surface area contributed by atoms with Crippen LogP contribution in [0.25, 0.3) is 10.9 Å². The number of rotatable bonds is 5. The maximum atomic E-state index is 12.9. The first-order chi connectivity index (χ1) is 12.0. The fourth-order valence-electron chi connectivity index (χ4n) is 3.14. The van der Waals surface area contributed by atoms with Crippen molar-refractivity contribution in [2.45, 2.75) is 13.1 Å². The summed E-state index contributed by atoms with van der Waals surface area (Å²) in [6, 6.07) is 5.66. The van der Waals surface area contributed by atoms with Gasteiger partial charge in [0.25, 0.3) is 0 Å². The SMILES string of the molecule is CCOCCN1CCN(c2ccnc3cc(C(F)(F)F)ccc23)CC1. The number of aromatic nitrogens is 1. The normalized spacial score (nSPS) is 16.6. The predicted octanol–water partition coefficient (Wildman–Crippen LogP) is 3.41. The quantitative estimate of drug-likeness (QED) is 0.770. The second-order valence-corrected chi connectivity index (χ2v) is 6.09. The molecule has 0 N–H and O–H groups in total. The molecule has 0 amide bonds. The molecule has 1 fully saturated rings. The van der Waals surface area contributed by atoms with E-state index in [4.69, 9.17) is 4.74 Å². The van der Waals surface area contributed by atoms with Crippen LogP contribution in [0.5, 0.6) is 0 Å². The van der Waals surface area contributed by atoms with Crippen molar-refractivity contribution in [3.63, 3.8) is 0 Å². The van der Waals surface area contributed by atoms with Crippen LogP contribution in [-0.4, -0.2) is 55.8 Å². The van der Waals surface area contributed by atoms with Crippen LogP contribution in [-0.2, 0) is 10.9 Å². The van der Waals surface area contributed by atoms with Gasteiger partial charge in [0.1, 0.15) is 0 Å². The minimum atomic E-state index is -4.35. The first-order valence-corrected chi connectivity index (χ1v) is 8.50. The van der Waals surface area contributed by atoms with Gasteiger partial charge in [-0.2, -0.15) is 13.2 Å². The van der Waals surface area contributed by atoms with Crippen LogP contribution in [0.2, 0.25) is 0 Å². The van der Waals surface area contributed by atoms with Gasteiger partial charge >= 0.3 is 6.18 Å². The Kier molecular flexibility index (Phi) is 5.44. The van der Waals surface area contributed by atoms with E-state index >= 15 is 0 Å². The summed E-state index contributed by atoms with van der Waals surface area (Å²) in [7, 11) is 0. The Morgan fingerprint density at radius 1 is 1.12 bits per heavy atom. The number of pyridine rings is 1. The standard InChI is InChI=1S/C18H22F3N3O/c1-2-25-12-11-23-7-9-24(10-8-23)17-5-6-22-16-13-14(18(19,20)21)3-4-15(16)17/h3-6,13H,2,7-12H2,1H3. The zero-order chi connectivity index (χ0) is 17.9. The molecular formula is C18H22F3N3O. The lowest BCUT2D eigenvalue weighted by Crippen LogP contribution is -2.47. The van der Waals surface area contributed by atoms with Crippen LogP contribution < -0.4 is 4.90 Å². The molecule has 4 nitrogen and oxygen atoms in total. The number of anilines is 1. The molecule has 0 radical (unpaired) electrons. The smallest absolute Gasteiger partial charge is 0.380 e. The summed E-state index contributed by atoms with van der Waals surface area (Å²) in [5.74, 6) is 0. The fourth-order valence-corrected chi connectivity index (χ4v) is 3.14. The maximum Gasteiger partial charge on any atom is 0.416 e. The topological polar surface area (TPSA) is 28.6 Å². The lowest BCUT2D eigenvalue weighted by molar-refractivity contribution is -0.137. The van der Waals surface area contributed by atoms with Crippen molar-refractivity contribution in [1.82, 2.24) is 9.88 Å². The third-order valence-corrected chi connectivity index (χ3v) is 4.52. The Labute approximate surface area is 145 Å². The van der Waals surface area contributed by atoms with Gasteiger partial charge in [-0.05, 0) is 25.1 Å². The number of alkyl halides is 3. The summed E-state index contributed by atoms with van der Waals surface area (Å²) < 4.78 is 44.1. The van der Waals surface area contributed by atoms with Crippen LogP contribution in [0.15, 0.2) is 30.5 Å². The van der Waals surface area contributed by atoms with Gasteiger partial charge in [0, 0.05) is 56.6 Å². The molecular weight excluding hydrogens is 331 g/mol. The second kappa shape index (κ2) is 7.58. The highest BCUT2D eigenvalue weighted by molar-refractivity contribution is 5.92. The second-order valence-electron chi connectivity index (χ2n) is 6.09. The molecule has 3 rings (SSSR count). The molecule has 1 aliphatic heterocycles. The van der Waals surface area contributed by atoms with Crippen molar-refractivity contribution < 1.29 is 17.9 Å². The van der Waals surface area contributed by atoms with Crippen LogP contribution in [0.3, 0.4) is 0 Å². The molecule has 0 bridgehead atoms. The minimum absolute atomic E-state index is 0.381. The number of benzene rings is 1. The summed E-state index contributed by atoms with van der Waals surface area (Å²) in [4.78, 5) is 8.68. The molecule has 136 valence electrons. The van der Waals surface area contributed by atoms with Gasteiger partial charge in [-0.1, -0.05) is 6.07 Å². The molecule has 7 heteroatoms. The van der Waals surface area contributed by atoms with Gasteiger partial charge in [0.05, 0.1) is 17.7 Å². The predicted molar refractivity (Wildman–Crippen MR) is 91.9 cm³/mol. The summed E-state index contributed by atoms with van der Waals surface area (Å²) in [6.07, 6.45) is -2.77. The third kappa shape index (κ3) is 4.22. The average Bonchev–Trinajstić information content (AvgIpc) is 2.61. The van der Waals surface area contributed by atoms with E-state index < -0.39 is 11.7 Å². The van der Waals surface area contributed by atoms with E-state index in [1.807, 2.05) is 13.0 Å². The van der Waals surface area contributed by atoms with Crippen LogP contribution in [0, 0.1) is 0 Å². The number of hydrogen-bond acceptors (Lipinski definition) is 4. The van der Waals surface area contributed by atoms with Crippen LogP contribution in [0.1, 0.15) is 12.5 Å². The van der Waals surface area contributed by atoms with Gasteiger partial charge in [0.15, 0.2) is 0 Å². The Morgan fingerprint density at radius 2 is 1.88 bits per heavy atom. The van der Waals surface area contributed by atoms with Crippen molar-refractivity contribution in [2.75, 3.05) is 50.8 Å². The summed E-state index contributed by atoms with van der Waals surface area (Å²) in [5.41, 5.74) is 0.666. The molecule has 0 atom stereocenters. The lowest BCUT2D eigenvalue weighted by Gasteiger charge is -2.36. The maximum absolute atomic E-state index is 12.9. The lowest BCUT2D eigenvalue weighted by atomic mass is 10.1. The highest BCUT2D eigenvalue weighted by atomic mass is 19.4. The zero-order valence-electron chi connectivity index (χ0n) is 14.2. The van der Waals surface area contributed by atoms with E-state index in [9.17, 15) is 13.2 Å². The number of piperazine rings is 1. The molecule has 1 aromatic carbocycles. The molecule has 1 aliphatic rings. The van der Waals surface area contributed by atoms with Gasteiger partial charge in [-0.15, -0.1) is 0 Å². The number of hydrogen-bond donors (Lipinski definition) is 0. The molecule has 25 heavy (non-hydrogen) atoms. The Hall–Kier alpha value is -1.86. The third-order valence-electron chi connectivity index (χ3n) is 4.52. The summed E-state index contributed by atoms with van der Waals surface area (Å²) in [5, 5.41) is 0.762. The average molecular weight is 353 g/mol. The molecule has 0 saturated carbocycles. The molecule has 2 aromatic rings. The Bertz CT molecular complexity index is 712. The fraction of sp³-hybridized carbons (Fsp3) is 0.500. The van der Waals surface area contributed by atoms with Crippen molar-refractivity contribution in [1.29, 1.82) is 0 Å². The Balaban J connectivity index is 1.74. The highest BCUT2D eigenvalue weighted by Crippen LogP contribution is 2.33. The van der Waals surface area contributed by atoms with Gasteiger partial charge in [-0.3, -0.25) is 9.88 Å². The first kappa shape index (κ1) is 17.9. The van der Waals surface area contributed by atoms with Gasteiger partial charge < -0.3 is 9.64 Å². The molecule has 1 saturated heterocycles. The number of ether oxygens (including phenoxy) is 1. The van der Waals surface area contributed by atoms with E-state index in [0.29, 0.717) is 5.52 Å². The monoisotopic (exact) mass is 353 g/mol. The number of fused-ring (bicyclic) bond motifs is 1. The van der Waals surface area contributed by atoms with Crippen LogP contribution >= 0.6 is 0 Å². The van der Waals surface area contributed by atoms with Gasteiger partial charge in [0.2, 0.25) is 0 Å². The number of nitrogens with zero attached hydrogens (tertiary/aromatic N) is 3. The van der Waals surface area contributed by atoms with Crippen molar-refractivity contribution in [3.05, 3.63) is 36.0 Å². The minimum Gasteiger partial charge on any atom is -0.380 e. The summed E-state index contributed by atoms with van der Waals surface area (Å²) in [6.45, 7) is 7.86. The number of halogens is 3. The first-order valence-electron chi connectivity index (χ1n) is 8.50. The zero-order valence-corrected chi connectivity index (χ0v) is 14.2. The highest BCUT2D eigenvalue weighted by Gasteiger charge is 2.31. The Morgan fingerprint density at radius 3 is 2.56 bits per heavy atom. The van der Waals surface area contributed by atoms with Gasteiger partial charge in [-0.25, -0.2) is 0 Å². The van der Waals surface area contributed by atoms with Crippen LogP contribution in [0.4, 0.5) is 18.9 Å². The van der Waals surface area contributed by atoms with E-state index in [1.165, 1.54) is 6.07 Å².